The monoisotopic (exact) mass is 467 g/mol. The van der Waals surface area contributed by atoms with Crippen molar-refractivity contribution in [2.45, 2.75) is 6.61 Å². The van der Waals surface area contributed by atoms with Gasteiger partial charge in [0.05, 0.1) is 8.95 Å². The van der Waals surface area contributed by atoms with Crippen LogP contribution in [-0.2, 0) is 6.61 Å². The molecule has 0 radical (unpaired) electrons. The van der Waals surface area contributed by atoms with Gasteiger partial charge in [-0.3, -0.25) is 0 Å². The molecule has 100 valence electrons. The minimum Gasteiger partial charge on any atom is -0.486 e. The molecule has 0 spiro atoms. The van der Waals surface area contributed by atoms with E-state index in [9.17, 15) is 0 Å². The highest BCUT2D eigenvalue weighted by Crippen LogP contribution is 2.36. The van der Waals surface area contributed by atoms with Gasteiger partial charge in [-0.05, 0) is 56.1 Å². The third kappa shape index (κ3) is 3.88. The van der Waals surface area contributed by atoms with Gasteiger partial charge in [-0.1, -0.05) is 33.6 Å². The third-order valence-electron chi connectivity index (χ3n) is 2.41. The zero-order valence-electron chi connectivity index (χ0n) is 9.59. The number of hydrogen-bond acceptors (Lipinski definition) is 2. The largest absolute Gasteiger partial charge is 0.486 e. The summed E-state index contributed by atoms with van der Waals surface area (Å²) in [6.45, 7) is 0.382. The van der Waals surface area contributed by atoms with Crippen LogP contribution in [0.15, 0.2) is 43.7 Å². The molecule has 19 heavy (non-hydrogen) atoms. The fourth-order valence-corrected chi connectivity index (χ4v) is 3.68. The lowest BCUT2D eigenvalue weighted by molar-refractivity contribution is 0.302. The molecule has 6 heteroatoms. The summed E-state index contributed by atoms with van der Waals surface area (Å²) in [5.41, 5.74) is 7.31. The summed E-state index contributed by atoms with van der Waals surface area (Å²) in [7, 11) is 0. The number of nitrogen functional groups attached to an aromatic ring is 1. The number of halogens is 4. The first-order valence-electron chi connectivity index (χ1n) is 5.28. The first-order chi connectivity index (χ1) is 8.97. The fraction of sp³-hybridized carbons (Fsp3) is 0.0769. The highest BCUT2D eigenvalue weighted by atomic mass is 79.9. The van der Waals surface area contributed by atoms with E-state index >= 15 is 0 Å². The van der Waals surface area contributed by atoms with Crippen molar-refractivity contribution in [2.24, 2.45) is 0 Å². The number of benzene rings is 2. The molecule has 2 rings (SSSR count). The Kier molecular flexibility index (Phi) is 5.17. The van der Waals surface area contributed by atoms with Crippen molar-refractivity contribution in [3.8, 4) is 5.75 Å². The van der Waals surface area contributed by atoms with Gasteiger partial charge >= 0.3 is 0 Å². The molecule has 0 saturated carbocycles. The lowest BCUT2D eigenvalue weighted by Crippen LogP contribution is -1.98. The molecule has 0 aliphatic heterocycles. The molecule has 0 saturated heterocycles. The predicted octanol–water partition coefficient (Wildman–Crippen LogP) is 5.79. The van der Waals surface area contributed by atoms with Crippen LogP contribution in [0.25, 0.3) is 0 Å². The van der Waals surface area contributed by atoms with Crippen molar-refractivity contribution in [1.29, 1.82) is 0 Å². The van der Waals surface area contributed by atoms with Crippen LogP contribution in [0.4, 0.5) is 5.69 Å². The standard InChI is InChI=1S/C13H9Br3ClNO/c14-8-2-1-7(12(17)3-8)6-19-13-10(15)4-9(18)5-11(13)16/h1-5H,6,18H2. The van der Waals surface area contributed by atoms with Gasteiger partial charge in [-0.25, -0.2) is 0 Å². The van der Waals surface area contributed by atoms with Crippen LogP contribution >= 0.6 is 59.4 Å². The number of hydrogen-bond donors (Lipinski definition) is 1. The molecule has 0 aromatic heterocycles. The zero-order chi connectivity index (χ0) is 14.0. The molecule has 0 unspecified atom stereocenters. The van der Waals surface area contributed by atoms with Gasteiger partial charge in [0, 0.05) is 20.7 Å². The Balaban J connectivity index is 2.19. The summed E-state index contributed by atoms with van der Waals surface area (Å²) in [6.07, 6.45) is 0. The van der Waals surface area contributed by atoms with E-state index in [-0.39, 0.29) is 0 Å². The van der Waals surface area contributed by atoms with E-state index in [2.05, 4.69) is 47.8 Å². The summed E-state index contributed by atoms with van der Waals surface area (Å²) >= 11 is 16.4. The molecular weight excluding hydrogens is 461 g/mol. The van der Waals surface area contributed by atoms with E-state index < -0.39 is 0 Å². The second-order valence-electron chi connectivity index (χ2n) is 3.84. The minimum atomic E-state index is 0.382. The maximum absolute atomic E-state index is 6.15. The maximum Gasteiger partial charge on any atom is 0.148 e. The lowest BCUT2D eigenvalue weighted by atomic mass is 10.2. The Bertz CT molecular complexity index is 596. The quantitative estimate of drug-likeness (QED) is 0.577. The van der Waals surface area contributed by atoms with Gasteiger partial charge in [-0.2, -0.15) is 0 Å². The van der Waals surface area contributed by atoms with Gasteiger partial charge < -0.3 is 10.5 Å². The van der Waals surface area contributed by atoms with Crippen molar-refractivity contribution in [2.75, 3.05) is 5.73 Å². The summed E-state index contributed by atoms with van der Waals surface area (Å²) in [6, 6.07) is 9.28. The summed E-state index contributed by atoms with van der Waals surface area (Å²) < 4.78 is 8.32. The molecule has 0 amide bonds. The Labute approximate surface area is 141 Å². The van der Waals surface area contributed by atoms with Crippen molar-refractivity contribution in [3.05, 3.63) is 54.3 Å². The van der Waals surface area contributed by atoms with Crippen LogP contribution in [0.1, 0.15) is 5.56 Å². The van der Waals surface area contributed by atoms with E-state index in [1.807, 2.05) is 18.2 Å². The van der Waals surface area contributed by atoms with Crippen molar-refractivity contribution >= 4 is 65.1 Å². The molecule has 0 heterocycles. The molecule has 2 aromatic rings. The predicted molar refractivity (Wildman–Crippen MR) is 89.7 cm³/mol. The Morgan fingerprint density at radius 2 is 1.68 bits per heavy atom. The molecule has 2 nitrogen and oxygen atoms in total. The molecular formula is C13H9Br3ClNO. The second-order valence-corrected chi connectivity index (χ2v) is 6.87. The van der Waals surface area contributed by atoms with Crippen molar-refractivity contribution in [1.82, 2.24) is 0 Å². The lowest BCUT2D eigenvalue weighted by Gasteiger charge is -2.12. The third-order valence-corrected chi connectivity index (χ3v) is 4.43. The van der Waals surface area contributed by atoms with Gasteiger partial charge in [0.1, 0.15) is 12.4 Å². The molecule has 0 aliphatic rings. The molecule has 0 bridgehead atoms. The normalized spacial score (nSPS) is 10.5. The zero-order valence-corrected chi connectivity index (χ0v) is 15.1. The Morgan fingerprint density at radius 1 is 1.05 bits per heavy atom. The van der Waals surface area contributed by atoms with Gasteiger partial charge in [-0.15, -0.1) is 0 Å². The fourth-order valence-electron chi connectivity index (χ4n) is 1.51. The molecule has 0 fully saturated rings. The molecule has 0 aliphatic carbocycles. The van der Waals surface area contributed by atoms with E-state index in [1.165, 1.54) is 0 Å². The molecule has 2 aromatic carbocycles. The molecule has 0 atom stereocenters. The van der Waals surface area contributed by atoms with Crippen LogP contribution in [0, 0.1) is 0 Å². The van der Waals surface area contributed by atoms with Gasteiger partial charge in [0.15, 0.2) is 0 Å². The highest BCUT2D eigenvalue weighted by Gasteiger charge is 2.09. The number of anilines is 1. The minimum absolute atomic E-state index is 0.382. The van der Waals surface area contributed by atoms with E-state index in [1.54, 1.807) is 12.1 Å². The number of rotatable bonds is 3. The Hall–Kier alpha value is -0.230. The first kappa shape index (κ1) is 15.2. The highest BCUT2D eigenvalue weighted by molar-refractivity contribution is 9.11. The first-order valence-corrected chi connectivity index (χ1v) is 8.04. The van der Waals surface area contributed by atoms with Gasteiger partial charge in [0.2, 0.25) is 0 Å². The SMILES string of the molecule is Nc1cc(Br)c(OCc2ccc(Br)cc2Cl)c(Br)c1. The van der Waals surface area contributed by atoms with Crippen LogP contribution in [-0.4, -0.2) is 0 Å². The van der Waals surface area contributed by atoms with Crippen molar-refractivity contribution in [3.63, 3.8) is 0 Å². The van der Waals surface area contributed by atoms with Crippen molar-refractivity contribution < 1.29 is 4.74 Å². The van der Waals surface area contributed by atoms with Crippen LogP contribution in [0.5, 0.6) is 5.75 Å². The summed E-state index contributed by atoms with van der Waals surface area (Å²) in [5.74, 6) is 0.702. The smallest absolute Gasteiger partial charge is 0.148 e. The number of nitrogens with two attached hydrogens (primary N) is 1. The summed E-state index contributed by atoms with van der Waals surface area (Å²) in [4.78, 5) is 0. The Morgan fingerprint density at radius 3 is 2.26 bits per heavy atom. The van der Waals surface area contributed by atoms with E-state index in [0.29, 0.717) is 23.1 Å². The van der Waals surface area contributed by atoms with Crippen LogP contribution < -0.4 is 10.5 Å². The van der Waals surface area contributed by atoms with E-state index in [4.69, 9.17) is 22.1 Å². The van der Waals surface area contributed by atoms with Gasteiger partial charge in [0.25, 0.3) is 0 Å². The number of ether oxygens (including phenoxy) is 1. The summed E-state index contributed by atoms with van der Waals surface area (Å²) in [5, 5.41) is 0.664. The van der Waals surface area contributed by atoms with E-state index in [0.717, 1.165) is 19.0 Å². The average Bonchev–Trinajstić information content (AvgIpc) is 2.30. The van der Waals surface area contributed by atoms with Crippen LogP contribution in [0.2, 0.25) is 5.02 Å². The molecule has 2 N–H and O–H groups in total. The average molecular weight is 470 g/mol. The second kappa shape index (κ2) is 6.48. The van der Waals surface area contributed by atoms with Crippen LogP contribution in [0.3, 0.4) is 0 Å². The maximum atomic E-state index is 6.15. The topological polar surface area (TPSA) is 35.2 Å².